The van der Waals surface area contributed by atoms with Gasteiger partial charge in [-0.15, -0.1) is 0 Å². The number of nitrogens with zero attached hydrogens (tertiary/aromatic N) is 4. The van der Waals surface area contributed by atoms with E-state index in [-0.39, 0.29) is 5.91 Å². The largest absolute Gasteiger partial charge is 0.496 e. The molecule has 3 aromatic heterocycles. The summed E-state index contributed by atoms with van der Waals surface area (Å²) in [5, 5.41) is 4.16. The summed E-state index contributed by atoms with van der Waals surface area (Å²) in [6.45, 7) is 2.99. The molecule has 0 unspecified atom stereocenters. The highest BCUT2D eigenvalue weighted by molar-refractivity contribution is 5.93. The molecule has 1 saturated carbocycles. The molecule has 3 heterocycles. The number of benzene rings is 2. The Hall–Kier alpha value is -4.63. The van der Waals surface area contributed by atoms with Crippen LogP contribution in [0.15, 0.2) is 61.1 Å². The number of fused-ring (bicyclic) bond motifs is 2. The Bertz CT molecular complexity index is 1850. The second-order valence-corrected chi connectivity index (χ2v) is 11.6. The molecule has 1 aliphatic carbocycles. The van der Waals surface area contributed by atoms with Gasteiger partial charge >= 0.3 is 0 Å². The van der Waals surface area contributed by atoms with Crippen LogP contribution < -0.4 is 14.8 Å². The third-order valence-corrected chi connectivity index (χ3v) is 8.71. The summed E-state index contributed by atoms with van der Waals surface area (Å²) >= 11 is 0. The zero-order chi connectivity index (χ0) is 31.3. The molecule has 1 N–H and O–H groups in total. The first-order chi connectivity index (χ1) is 22.0. The van der Waals surface area contributed by atoms with E-state index in [1.54, 1.807) is 14.2 Å². The molecule has 0 atom stereocenters. The van der Waals surface area contributed by atoms with E-state index in [1.807, 2.05) is 43.7 Å². The average molecular weight is 608 g/mol. The van der Waals surface area contributed by atoms with Crippen LogP contribution in [0.4, 0.5) is 0 Å². The molecule has 1 amide bonds. The van der Waals surface area contributed by atoms with Gasteiger partial charge in [0.2, 0.25) is 5.91 Å². The first-order valence-corrected chi connectivity index (χ1v) is 15.7. The Morgan fingerprint density at radius 3 is 2.67 bits per heavy atom. The Labute approximate surface area is 263 Å². The fourth-order valence-corrected chi connectivity index (χ4v) is 6.32. The molecule has 0 saturated heterocycles. The Kier molecular flexibility index (Phi) is 9.16. The van der Waals surface area contributed by atoms with Crippen molar-refractivity contribution in [1.82, 2.24) is 24.3 Å². The number of hydrogen-bond donors (Lipinski definition) is 1. The second-order valence-electron chi connectivity index (χ2n) is 11.6. The summed E-state index contributed by atoms with van der Waals surface area (Å²) in [5.41, 5.74) is 7.68. The van der Waals surface area contributed by atoms with Crippen molar-refractivity contribution in [2.45, 2.75) is 51.5 Å². The molecule has 0 aliphatic heterocycles. The van der Waals surface area contributed by atoms with Crippen LogP contribution in [0, 0.1) is 6.92 Å². The zero-order valence-electron chi connectivity index (χ0n) is 26.5. The zero-order valence-corrected chi connectivity index (χ0v) is 26.5. The summed E-state index contributed by atoms with van der Waals surface area (Å²) in [5.74, 6) is 1.69. The van der Waals surface area contributed by atoms with Gasteiger partial charge in [0.25, 0.3) is 0 Å². The van der Waals surface area contributed by atoms with E-state index < -0.39 is 0 Å². The third-order valence-electron chi connectivity index (χ3n) is 8.71. The molecule has 6 rings (SSSR count). The molecule has 0 bridgehead atoms. The minimum Gasteiger partial charge on any atom is -0.496 e. The molecular formula is C36H41N5O4. The highest BCUT2D eigenvalue weighted by Gasteiger charge is 2.19. The maximum atomic E-state index is 12.1. The van der Waals surface area contributed by atoms with E-state index in [9.17, 15) is 4.79 Å². The number of imidazole rings is 1. The van der Waals surface area contributed by atoms with E-state index in [1.165, 1.54) is 12.8 Å². The molecule has 9 nitrogen and oxygen atoms in total. The fraction of sp³-hybridized carbons (Fsp3) is 0.361. The monoisotopic (exact) mass is 607 g/mol. The minimum atomic E-state index is 0.0860. The minimum absolute atomic E-state index is 0.0860. The van der Waals surface area contributed by atoms with Crippen LogP contribution in [0.2, 0.25) is 0 Å². The van der Waals surface area contributed by atoms with Crippen molar-refractivity contribution in [1.29, 1.82) is 0 Å². The molecule has 2 aromatic carbocycles. The number of ether oxygens (including phenoxy) is 3. The number of aryl methyl sites for hydroxylation is 2. The standard InChI is InChI=1S/C36H41N5O4/c1-24-36-35(25-15-16-28(33(20-25)44-4)31-21-29-30(40(31)2)13-9-14-32(29)43-3)38-23-41(36)27(22-37-24)12-7-8-18-45-19-17-34(42)39-26-10-5-6-11-26/h7,9,12-16,20-23,26H,5-6,8,10-11,17-19H2,1-4H3,(H,39,42)/b12-7+. The van der Waals surface area contributed by atoms with Gasteiger partial charge < -0.3 is 24.1 Å². The van der Waals surface area contributed by atoms with Gasteiger partial charge in [-0.25, -0.2) is 4.98 Å². The van der Waals surface area contributed by atoms with Gasteiger partial charge in [-0.05, 0) is 62.6 Å². The van der Waals surface area contributed by atoms with Crippen LogP contribution in [0.5, 0.6) is 11.5 Å². The number of amides is 1. The van der Waals surface area contributed by atoms with Crippen molar-refractivity contribution in [3.63, 3.8) is 0 Å². The maximum absolute atomic E-state index is 12.1. The van der Waals surface area contributed by atoms with Gasteiger partial charge in [-0.3, -0.25) is 14.2 Å². The lowest BCUT2D eigenvalue weighted by Crippen LogP contribution is -2.33. The van der Waals surface area contributed by atoms with Gasteiger partial charge in [-0.2, -0.15) is 0 Å². The fourth-order valence-electron chi connectivity index (χ4n) is 6.32. The quantitative estimate of drug-likeness (QED) is 0.158. The summed E-state index contributed by atoms with van der Waals surface area (Å²) in [6, 6.07) is 14.8. The predicted octanol–water partition coefficient (Wildman–Crippen LogP) is 6.75. The van der Waals surface area contributed by atoms with E-state index in [4.69, 9.17) is 19.2 Å². The molecule has 1 fully saturated rings. The van der Waals surface area contributed by atoms with Crippen LogP contribution in [0.3, 0.4) is 0 Å². The summed E-state index contributed by atoms with van der Waals surface area (Å²) < 4.78 is 21.4. The number of aromatic nitrogens is 4. The van der Waals surface area contributed by atoms with Crippen LogP contribution in [-0.2, 0) is 16.6 Å². The molecule has 1 aliphatic rings. The van der Waals surface area contributed by atoms with E-state index in [2.05, 4.69) is 56.7 Å². The summed E-state index contributed by atoms with van der Waals surface area (Å²) in [7, 11) is 5.45. The number of methoxy groups -OCH3 is 2. The van der Waals surface area contributed by atoms with E-state index in [0.29, 0.717) is 25.7 Å². The van der Waals surface area contributed by atoms with Crippen molar-refractivity contribution in [2.75, 3.05) is 27.4 Å². The summed E-state index contributed by atoms with van der Waals surface area (Å²) in [6.07, 6.45) is 13.6. The van der Waals surface area contributed by atoms with E-state index in [0.717, 1.165) is 81.1 Å². The van der Waals surface area contributed by atoms with Gasteiger partial charge in [0, 0.05) is 36.0 Å². The number of carbonyl (C=O) groups is 1. The predicted molar refractivity (Wildman–Crippen MR) is 178 cm³/mol. The third kappa shape index (κ3) is 6.31. The Morgan fingerprint density at radius 2 is 1.87 bits per heavy atom. The van der Waals surface area contributed by atoms with Gasteiger partial charge in [0.15, 0.2) is 0 Å². The highest BCUT2D eigenvalue weighted by Crippen LogP contribution is 2.39. The van der Waals surface area contributed by atoms with Crippen molar-refractivity contribution >= 4 is 28.4 Å². The second kappa shape index (κ2) is 13.6. The van der Waals surface area contributed by atoms with Crippen LogP contribution in [0.25, 0.3) is 45.0 Å². The number of hydrogen-bond acceptors (Lipinski definition) is 6. The summed E-state index contributed by atoms with van der Waals surface area (Å²) in [4.78, 5) is 21.6. The van der Waals surface area contributed by atoms with Crippen LogP contribution >= 0.6 is 0 Å². The van der Waals surface area contributed by atoms with Crippen LogP contribution in [-0.4, -0.2) is 58.3 Å². The topological polar surface area (TPSA) is 91.9 Å². The SMILES string of the molecule is COc1cc(-c2ncn3c(/C=C/CCOCCC(=O)NC4CCCC4)cnc(C)c23)ccc1-c1cc2c(OC)cccc2n1C. The normalized spacial score (nSPS) is 13.8. The van der Waals surface area contributed by atoms with Crippen molar-refractivity contribution in [3.8, 4) is 34.0 Å². The highest BCUT2D eigenvalue weighted by atomic mass is 16.5. The molecule has 0 spiro atoms. The lowest BCUT2D eigenvalue weighted by Gasteiger charge is -2.12. The maximum Gasteiger partial charge on any atom is 0.222 e. The molecule has 5 aromatic rings. The van der Waals surface area contributed by atoms with Gasteiger partial charge in [0.1, 0.15) is 17.8 Å². The molecule has 9 heteroatoms. The average Bonchev–Trinajstić information content (AvgIpc) is 3.81. The lowest BCUT2D eigenvalue weighted by atomic mass is 10.0. The smallest absolute Gasteiger partial charge is 0.222 e. The number of nitrogens with one attached hydrogen (secondary N) is 1. The number of rotatable bonds is 12. The lowest BCUT2D eigenvalue weighted by molar-refractivity contribution is -0.122. The molecule has 234 valence electrons. The van der Waals surface area contributed by atoms with Crippen LogP contribution in [0.1, 0.15) is 49.9 Å². The van der Waals surface area contributed by atoms with Crippen molar-refractivity contribution in [2.24, 2.45) is 7.05 Å². The Morgan fingerprint density at radius 1 is 1.04 bits per heavy atom. The van der Waals surface area contributed by atoms with E-state index >= 15 is 0 Å². The van der Waals surface area contributed by atoms with Crippen molar-refractivity contribution < 1.29 is 19.0 Å². The first-order valence-electron chi connectivity index (χ1n) is 15.7. The molecule has 45 heavy (non-hydrogen) atoms. The first kappa shape index (κ1) is 30.4. The Balaban J connectivity index is 1.16. The molecule has 0 radical (unpaired) electrons. The van der Waals surface area contributed by atoms with Crippen molar-refractivity contribution in [3.05, 3.63) is 72.5 Å². The van der Waals surface area contributed by atoms with Gasteiger partial charge in [-0.1, -0.05) is 31.1 Å². The number of carbonyl (C=O) groups excluding carboxylic acids is 1. The molecular weight excluding hydrogens is 566 g/mol. The van der Waals surface area contributed by atoms with Gasteiger partial charge in [0.05, 0.1) is 67.4 Å².